The summed E-state index contributed by atoms with van der Waals surface area (Å²) in [6.45, 7) is 3.96. The standard InChI is InChI=1S/C18H19NO4S/c1-3-23-18(22)13-5-4-6-14(11-13)19-17(21)10-8-15(20)16-9-7-12(2)24-16/h4-7,9,11H,3,8,10H2,1-2H3,(H,19,21). The van der Waals surface area contributed by atoms with Gasteiger partial charge in [-0.1, -0.05) is 6.07 Å². The maximum atomic E-state index is 12.0. The number of amides is 1. The lowest BCUT2D eigenvalue weighted by molar-refractivity contribution is -0.116. The maximum Gasteiger partial charge on any atom is 0.338 e. The smallest absolute Gasteiger partial charge is 0.338 e. The minimum atomic E-state index is -0.433. The number of esters is 1. The second kappa shape index (κ2) is 8.40. The van der Waals surface area contributed by atoms with E-state index < -0.39 is 5.97 Å². The molecule has 1 aromatic carbocycles. The Labute approximate surface area is 144 Å². The van der Waals surface area contributed by atoms with Crippen molar-refractivity contribution in [1.29, 1.82) is 0 Å². The van der Waals surface area contributed by atoms with E-state index in [1.165, 1.54) is 11.3 Å². The minimum absolute atomic E-state index is 0.0384. The third-order valence-corrected chi connectivity index (χ3v) is 4.29. The zero-order valence-electron chi connectivity index (χ0n) is 13.6. The summed E-state index contributed by atoms with van der Waals surface area (Å²) >= 11 is 1.43. The number of nitrogens with one attached hydrogen (secondary N) is 1. The monoisotopic (exact) mass is 345 g/mol. The fourth-order valence-electron chi connectivity index (χ4n) is 2.10. The maximum absolute atomic E-state index is 12.0. The van der Waals surface area contributed by atoms with Crippen molar-refractivity contribution in [3.05, 3.63) is 51.7 Å². The molecule has 0 aliphatic heterocycles. The average Bonchev–Trinajstić information content (AvgIpc) is 3.00. The molecule has 0 atom stereocenters. The molecule has 0 aliphatic rings. The van der Waals surface area contributed by atoms with E-state index >= 15 is 0 Å². The molecule has 6 heteroatoms. The molecule has 0 radical (unpaired) electrons. The average molecular weight is 345 g/mol. The number of ketones is 1. The molecule has 1 heterocycles. The molecule has 0 unspecified atom stereocenters. The lowest BCUT2D eigenvalue weighted by Gasteiger charge is -2.07. The van der Waals surface area contributed by atoms with Gasteiger partial charge in [0.25, 0.3) is 0 Å². The second-order valence-corrected chi connectivity index (χ2v) is 6.47. The Hall–Kier alpha value is -2.47. The van der Waals surface area contributed by atoms with Crippen molar-refractivity contribution in [3.8, 4) is 0 Å². The van der Waals surface area contributed by atoms with Crippen LogP contribution in [0.5, 0.6) is 0 Å². The summed E-state index contributed by atoms with van der Waals surface area (Å²) in [5.74, 6) is -0.738. The molecule has 0 spiro atoms. The minimum Gasteiger partial charge on any atom is -0.462 e. The number of benzene rings is 1. The highest BCUT2D eigenvalue weighted by molar-refractivity contribution is 7.14. The fraction of sp³-hybridized carbons (Fsp3) is 0.278. The molecule has 0 saturated carbocycles. The molecule has 0 bridgehead atoms. The predicted octanol–water partition coefficient (Wildman–Crippen LogP) is 3.83. The number of thiophene rings is 1. The van der Waals surface area contributed by atoms with Gasteiger partial charge in [0.2, 0.25) is 5.91 Å². The van der Waals surface area contributed by atoms with E-state index in [1.807, 2.05) is 13.0 Å². The van der Waals surface area contributed by atoms with Crippen molar-refractivity contribution in [3.63, 3.8) is 0 Å². The summed E-state index contributed by atoms with van der Waals surface area (Å²) in [5, 5.41) is 2.70. The SMILES string of the molecule is CCOC(=O)c1cccc(NC(=O)CCC(=O)c2ccc(C)s2)c1. The Morgan fingerprint density at radius 1 is 1.12 bits per heavy atom. The van der Waals surface area contributed by atoms with Crippen LogP contribution in [0.25, 0.3) is 0 Å². The molecule has 24 heavy (non-hydrogen) atoms. The van der Waals surface area contributed by atoms with Crippen LogP contribution >= 0.6 is 11.3 Å². The van der Waals surface area contributed by atoms with E-state index in [0.29, 0.717) is 22.7 Å². The molecule has 5 nitrogen and oxygen atoms in total. The number of aryl methyl sites for hydroxylation is 1. The summed E-state index contributed by atoms with van der Waals surface area (Å²) in [6.07, 6.45) is 0.253. The van der Waals surface area contributed by atoms with Crippen molar-refractivity contribution in [2.75, 3.05) is 11.9 Å². The Morgan fingerprint density at radius 2 is 1.92 bits per heavy atom. The topological polar surface area (TPSA) is 72.5 Å². The Kier molecular flexibility index (Phi) is 6.26. The number of rotatable bonds is 7. The van der Waals surface area contributed by atoms with Crippen LogP contribution < -0.4 is 5.32 Å². The molecule has 0 aliphatic carbocycles. The fourth-order valence-corrected chi connectivity index (χ4v) is 2.93. The van der Waals surface area contributed by atoms with Crippen LogP contribution in [0.4, 0.5) is 5.69 Å². The quantitative estimate of drug-likeness (QED) is 0.611. The number of carbonyl (C=O) groups excluding carboxylic acids is 3. The molecule has 2 aromatic rings. The summed E-state index contributed by atoms with van der Waals surface area (Å²) in [6, 6.07) is 10.2. The van der Waals surface area contributed by atoms with Gasteiger partial charge in [-0.2, -0.15) is 0 Å². The van der Waals surface area contributed by atoms with Crippen LogP contribution in [-0.2, 0) is 9.53 Å². The van der Waals surface area contributed by atoms with E-state index in [1.54, 1.807) is 37.3 Å². The van der Waals surface area contributed by atoms with Gasteiger partial charge in [0.15, 0.2) is 5.78 Å². The number of ether oxygens (including phenoxy) is 1. The van der Waals surface area contributed by atoms with E-state index in [-0.39, 0.29) is 24.5 Å². The first-order valence-electron chi connectivity index (χ1n) is 7.66. The van der Waals surface area contributed by atoms with Gasteiger partial charge in [-0.25, -0.2) is 4.79 Å². The molecular weight excluding hydrogens is 326 g/mol. The van der Waals surface area contributed by atoms with Gasteiger partial charge in [0.05, 0.1) is 17.0 Å². The Morgan fingerprint density at radius 3 is 2.58 bits per heavy atom. The summed E-state index contributed by atoms with van der Waals surface area (Å²) in [4.78, 5) is 37.4. The van der Waals surface area contributed by atoms with E-state index in [4.69, 9.17) is 4.74 Å². The van der Waals surface area contributed by atoms with Gasteiger partial charge in [0, 0.05) is 23.4 Å². The number of Topliss-reactive ketones (excluding diaryl/α,β-unsaturated/α-hetero) is 1. The Bertz CT molecular complexity index is 751. The highest BCUT2D eigenvalue weighted by Gasteiger charge is 2.12. The highest BCUT2D eigenvalue weighted by atomic mass is 32.1. The lowest BCUT2D eigenvalue weighted by atomic mass is 10.1. The first kappa shape index (κ1) is 17.9. The Balaban J connectivity index is 1.89. The zero-order chi connectivity index (χ0) is 17.5. The van der Waals surface area contributed by atoms with Crippen LogP contribution in [0, 0.1) is 6.92 Å². The highest BCUT2D eigenvalue weighted by Crippen LogP contribution is 2.18. The first-order chi connectivity index (χ1) is 11.5. The number of hydrogen-bond acceptors (Lipinski definition) is 5. The third kappa shape index (κ3) is 5.03. The molecule has 0 fully saturated rings. The van der Waals surface area contributed by atoms with Crippen LogP contribution in [0.2, 0.25) is 0 Å². The van der Waals surface area contributed by atoms with Crippen LogP contribution in [0.3, 0.4) is 0 Å². The first-order valence-corrected chi connectivity index (χ1v) is 8.48. The summed E-state index contributed by atoms with van der Waals surface area (Å²) < 4.78 is 4.92. The number of carbonyl (C=O) groups is 3. The normalized spacial score (nSPS) is 10.2. The molecule has 1 N–H and O–H groups in total. The molecule has 0 saturated heterocycles. The van der Waals surface area contributed by atoms with E-state index in [2.05, 4.69) is 5.32 Å². The van der Waals surface area contributed by atoms with Gasteiger partial charge in [-0.05, 0) is 44.2 Å². The van der Waals surface area contributed by atoms with Crippen LogP contribution in [-0.4, -0.2) is 24.3 Å². The predicted molar refractivity (Wildman–Crippen MR) is 93.6 cm³/mol. The molecule has 126 valence electrons. The molecular formula is C18H19NO4S. The van der Waals surface area contributed by atoms with Gasteiger partial charge >= 0.3 is 5.97 Å². The van der Waals surface area contributed by atoms with Crippen molar-refractivity contribution in [1.82, 2.24) is 0 Å². The van der Waals surface area contributed by atoms with Crippen LogP contribution in [0.1, 0.15) is 44.7 Å². The summed E-state index contributed by atoms with van der Waals surface area (Å²) in [5.41, 5.74) is 0.879. The largest absolute Gasteiger partial charge is 0.462 e. The molecule has 1 aromatic heterocycles. The van der Waals surface area contributed by atoms with Crippen LogP contribution in [0.15, 0.2) is 36.4 Å². The van der Waals surface area contributed by atoms with Gasteiger partial charge in [-0.15, -0.1) is 11.3 Å². The molecule has 1 amide bonds. The van der Waals surface area contributed by atoms with Gasteiger partial charge in [-0.3, -0.25) is 9.59 Å². The van der Waals surface area contributed by atoms with Crippen molar-refractivity contribution < 1.29 is 19.1 Å². The van der Waals surface area contributed by atoms with Crippen molar-refractivity contribution >= 4 is 34.7 Å². The van der Waals surface area contributed by atoms with E-state index in [9.17, 15) is 14.4 Å². The molecule has 2 rings (SSSR count). The summed E-state index contributed by atoms with van der Waals surface area (Å²) in [7, 11) is 0. The zero-order valence-corrected chi connectivity index (χ0v) is 14.4. The van der Waals surface area contributed by atoms with Gasteiger partial charge < -0.3 is 10.1 Å². The third-order valence-electron chi connectivity index (χ3n) is 3.25. The van der Waals surface area contributed by atoms with Crippen molar-refractivity contribution in [2.24, 2.45) is 0 Å². The number of hydrogen-bond donors (Lipinski definition) is 1. The van der Waals surface area contributed by atoms with E-state index in [0.717, 1.165) is 4.88 Å². The number of anilines is 1. The second-order valence-electron chi connectivity index (χ2n) is 5.18. The lowest BCUT2D eigenvalue weighted by Crippen LogP contribution is -2.14. The van der Waals surface area contributed by atoms with Crippen molar-refractivity contribution in [2.45, 2.75) is 26.7 Å². The van der Waals surface area contributed by atoms with Gasteiger partial charge in [0.1, 0.15) is 0 Å².